The monoisotopic (exact) mass is 249 g/mol. The second-order valence-corrected chi connectivity index (χ2v) is 4.80. The van der Waals surface area contributed by atoms with Gasteiger partial charge in [-0.1, -0.05) is 48.5 Å². The number of hydrogen-bond acceptors (Lipinski definition) is 2. The quantitative estimate of drug-likeness (QED) is 0.809. The van der Waals surface area contributed by atoms with Gasteiger partial charge in [-0.3, -0.25) is 0 Å². The minimum Gasteiger partial charge on any atom is -0.493 e. The molecule has 2 aromatic rings. The van der Waals surface area contributed by atoms with Crippen LogP contribution < -0.4 is 4.74 Å². The van der Waals surface area contributed by atoms with Crippen molar-refractivity contribution in [2.24, 2.45) is 0 Å². The Hall–Kier alpha value is -2.27. The first-order chi connectivity index (χ1) is 9.40. The van der Waals surface area contributed by atoms with Crippen molar-refractivity contribution in [2.45, 2.75) is 18.3 Å². The first-order valence-corrected chi connectivity index (χ1v) is 6.56. The fourth-order valence-electron chi connectivity index (χ4n) is 2.77. The standard InChI is InChI=1S/C17H15NO/c18-12-16(13-6-2-1-3-7-13)14-10-11-19-17-9-5-4-8-15(14)17/h1-9,14,16H,10-11H2. The molecule has 1 aliphatic rings. The molecule has 0 fully saturated rings. The van der Waals surface area contributed by atoms with Crippen LogP contribution in [-0.4, -0.2) is 6.61 Å². The highest BCUT2D eigenvalue weighted by molar-refractivity contribution is 5.42. The zero-order valence-electron chi connectivity index (χ0n) is 10.6. The van der Waals surface area contributed by atoms with E-state index in [4.69, 9.17) is 4.74 Å². The van der Waals surface area contributed by atoms with Gasteiger partial charge in [0.15, 0.2) is 0 Å². The lowest BCUT2D eigenvalue weighted by Crippen LogP contribution is -2.19. The number of para-hydroxylation sites is 1. The van der Waals surface area contributed by atoms with Crippen molar-refractivity contribution in [3.8, 4) is 11.8 Å². The molecule has 2 atom stereocenters. The molecule has 19 heavy (non-hydrogen) atoms. The number of rotatable bonds is 2. The lowest BCUT2D eigenvalue weighted by molar-refractivity contribution is 0.262. The Morgan fingerprint density at radius 2 is 1.79 bits per heavy atom. The molecule has 1 aliphatic heterocycles. The SMILES string of the molecule is N#CC(c1ccccc1)C1CCOc2ccccc21. The Kier molecular flexibility index (Phi) is 3.20. The average Bonchev–Trinajstić information content (AvgIpc) is 2.49. The summed E-state index contributed by atoms with van der Waals surface area (Å²) in [5, 5.41) is 9.57. The zero-order valence-corrected chi connectivity index (χ0v) is 10.6. The summed E-state index contributed by atoms with van der Waals surface area (Å²) < 4.78 is 5.67. The van der Waals surface area contributed by atoms with Crippen LogP contribution in [0.1, 0.15) is 29.4 Å². The second-order valence-electron chi connectivity index (χ2n) is 4.80. The summed E-state index contributed by atoms with van der Waals surface area (Å²) in [4.78, 5) is 0. The van der Waals surface area contributed by atoms with E-state index >= 15 is 0 Å². The van der Waals surface area contributed by atoms with Crippen LogP contribution in [-0.2, 0) is 0 Å². The summed E-state index contributed by atoms with van der Waals surface area (Å²) in [6.45, 7) is 0.687. The number of benzene rings is 2. The van der Waals surface area contributed by atoms with Crippen molar-refractivity contribution < 1.29 is 4.74 Å². The van der Waals surface area contributed by atoms with E-state index in [1.165, 1.54) is 0 Å². The van der Waals surface area contributed by atoms with Crippen LogP contribution in [0.5, 0.6) is 5.75 Å². The largest absolute Gasteiger partial charge is 0.493 e. The van der Waals surface area contributed by atoms with Crippen LogP contribution in [0.25, 0.3) is 0 Å². The molecule has 0 aromatic heterocycles. The van der Waals surface area contributed by atoms with Crippen LogP contribution in [0.2, 0.25) is 0 Å². The fraction of sp³-hybridized carbons (Fsp3) is 0.235. The molecule has 1 heterocycles. The third-order valence-electron chi connectivity index (χ3n) is 3.71. The van der Waals surface area contributed by atoms with Gasteiger partial charge in [-0.15, -0.1) is 0 Å². The maximum atomic E-state index is 9.57. The lowest BCUT2D eigenvalue weighted by Gasteiger charge is -2.29. The number of fused-ring (bicyclic) bond motifs is 1. The van der Waals surface area contributed by atoms with Crippen molar-refractivity contribution in [3.63, 3.8) is 0 Å². The van der Waals surface area contributed by atoms with E-state index in [2.05, 4.69) is 12.1 Å². The number of ether oxygens (including phenoxy) is 1. The number of nitriles is 1. The molecule has 0 saturated carbocycles. The number of hydrogen-bond donors (Lipinski definition) is 0. The predicted molar refractivity (Wildman–Crippen MR) is 74.1 cm³/mol. The van der Waals surface area contributed by atoms with Gasteiger partial charge >= 0.3 is 0 Å². The average molecular weight is 249 g/mol. The second kappa shape index (κ2) is 5.16. The molecule has 3 rings (SSSR count). The van der Waals surface area contributed by atoms with E-state index in [1.54, 1.807) is 0 Å². The van der Waals surface area contributed by atoms with Crippen molar-refractivity contribution in [2.75, 3.05) is 6.61 Å². The number of nitrogens with zero attached hydrogens (tertiary/aromatic N) is 1. The van der Waals surface area contributed by atoms with E-state index in [9.17, 15) is 5.26 Å². The van der Waals surface area contributed by atoms with Crippen molar-refractivity contribution in [1.29, 1.82) is 5.26 Å². The third-order valence-corrected chi connectivity index (χ3v) is 3.71. The highest BCUT2D eigenvalue weighted by atomic mass is 16.5. The molecule has 2 heteroatoms. The Labute approximate surface area is 113 Å². The van der Waals surface area contributed by atoms with Crippen LogP contribution in [0.4, 0.5) is 0 Å². The highest BCUT2D eigenvalue weighted by Crippen LogP contribution is 2.42. The molecule has 0 bridgehead atoms. The summed E-state index contributed by atoms with van der Waals surface area (Å²) in [7, 11) is 0. The van der Waals surface area contributed by atoms with Crippen molar-refractivity contribution in [1.82, 2.24) is 0 Å². The molecule has 2 unspecified atom stereocenters. The predicted octanol–water partition coefficient (Wildman–Crippen LogP) is 3.86. The molecule has 0 radical (unpaired) electrons. The molecule has 2 nitrogen and oxygen atoms in total. The molecule has 0 N–H and O–H groups in total. The molecule has 94 valence electrons. The minimum absolute atomic E-state index is 0.105. The highest BCUT2D eigenvalue weighted by Gasteiger charge is 2.29. The third kappa shape index (κ3) is 2.20. The normalized spacial score (nSPS) is 18.8. The van der Waals surface area contributed by atoms with Gasteiger partial charge in [0.2, 0.25) is 0 Å². The van der Waals surface area contributed by atoms with E-state index in [0.29, 0.717) is 6.61 Å². The molecule has 0 aliphatic carbocycles. The van der Waals surface area contributed by atoms with Gasteiger partial charge in [0, 0.05) is 5.92 Å². The van der Waals surface area contributed by atoms with Crippen molar-refractivity contribution >= 4 is 0 Å². The van der Waals surface area contributed by atoms with Gasteiger partial charge in [-0.25, -0.2) is 0 Å². The van der Waals surface area contributed by atoms with Gasteiger partial charge in [0.25, 0.3) is 0 Å². The summed E-state index contributed by atoms with van der Waals surface area (Å²) >= 11 is 0. The van der Waals surface area contributed by atoms with Gasteiger partial charge in [0.1, 0.15) is 5.75 Å². The molecular formula is C17H15NO. The maximum Gasteiger partial charge on any atom is 0.122 e. The van der Waals surface area contributed by atoms with Gasteiger partial charge < -0.3 is 4.74 Å². The Morgan fingerprint density at radius 3 is 2.58 bits per heavy atom. The smallest absolute Gasteiger partial charge is 0.122 e. The molecular weight excluding hydrogens is 234 g/mol. The zero-order chi connectivity index (χ0) is 13.1. The van der Waals surface area contributed by atoms with Gasteiger partial charge in [-0.05, 0) is 23.6 Å². The van der Waals surface area contributed by atoms with Gasteiger partial charge in [-0.2, -0.15) is 5.26 Å². The topological polar surface area (TPSA) is 33.0 Å². The summed E-state index contributed by atoms with van der Waals surface area (Å²) in [6, 6.07) is 20.6. The Balaban J connectivity index is 2.01. The van der Waals surface area contributed by atoms with E-state index < -0.39 is 0 Å². The van der Waals surface area contributed by atoms with Crippen LogP contribution in [0, 0.1) is 11.3 Å². The van der Waals surface area contributed by atoms with Crippen LogP contribution >= 0.6 is 0 Å². The van der Waals surface area contributed by atoms with Crippen LogP contribution in [0.15, 0.2) is 54.6 Å². The Morgan fingerprint density at radius 1 is 1.05 bits per heavy atom. The lowest BCUT2D eigenvalue weighted by atomic mass is 9.79. The molecule has 0 amide bonds. The van der Waals surface area contributed by atoms with E-state index in [1.807, 2.05) is 48.5 Å². The minimum atomic E-state index is -0.105. The Bertz CT molecular complexity index is 600. The maximum absolute atomic E-state index is 9.57. The summed E-state index contributed by atoms with van der Waals surface area (Å²) in [5.74, 6) is 1.04. The summed E-state index contributed by atoms with van der Waals surface area (Å²) in [6.07, 6.45) is 0.893. The van der Waals surface area contributed by atoms with Crippen molar-refractivity contribution in [3.05, 3.63) is 65.7 Å². The van der Waals surface area contributed by atoms with E-state index in [-0.39, 0.29) is 11.8 Å². The first-order valence-electron chi connectivity index (χ1n) is 6.56. The molecule has 0 saturated heterocycles. The first kappa shape index (κ1) is 11.8. The molecule has 2 aromatic carbocycles. The fourth-order valence-corrected chi connectivity index (χ4v) is 2.77. The molecule has 0 spiro atoms. The van der Waals surface area contributed by atoms with Crippen LogP contribution in [0.3, 0.4) is 0 Å². The van der Waals surface area contributed by atoms with E-state index in [0.717, 1.165) is 23.3 Å². The summed E-state index contributed by atoms with van der Waals surface area (Å²) in [5.41, 5.74) is 2.25. The van der Waals surface area contributed by atoms with Gasteiger partial charge in [0.05, 0.1) is 18.6 Å².